The summed E-state index contributed by atoms with van der Waals surface area (Å²) in [6.45, 7) is -0.623. The first kappa shape index (κ1) is 18.7. The summed E-state index contributed by atoms with van der Waals surface area (Å²) in [4.78, 5) is 3.89. The van der Waals surface area contributed by atoms with Crippen molar-refractivity contribution in [3.05, 3.63) is 0 Å². The Balaban J connectivity index is 1.77. The molecule has 0 unspecified atom stereocenters. The highest BCUT2D eigenvalue weighted by Crippen LogP contribution is 2.28. The fourth-order valence-corrected chi connectivity index (χ4v) is 3.21. The van der Waals surface area contributed by atoms with Gasteiger partial charge in [0.2, 0.25) is 0 Å². The topological polar surface area (TPSA) is 205 Å². The number of nitrogens with zero attached hydrogens (tertiary/aromatic N) is 1. The monoisotopic (exact) mass is 366 g/mol. The van der Waals surface area contributed by atoms with Gasteiger partial charge in [-0.05, 0) is 0 Å². The lowest BCUT2D eigenvalue weighted by Crippen LogP contribution is -2.64. The highest BCUT2D eigenvalue weighted by atomic mass is 16.6. The van der Waals surface area contributed by atoms with Crippen LogP contribution < -0.4 is 5.32 Å². The van der Waals surface area contributed by atoms with Crippen LogP contribution in [-0.4, -0.2) is 121 Å². The molecule has 25 heavy (non-hydrogen) atoms. The van der Waals surface area contributed by atoms with Gasteiger partial charge in [0.05, 0.1) is 12.6 Å². The number of rotatable bonds is 2. The highest BCUT2D eigenvalue weighted by molar-refractivity contribution is 5.77. The van der Waals surface area contributed by atoms with Crippen molar-refractivity contribution in [2.75, 3.05) is 6.61 Å². The summed E-state index contributed by atoms with van der Waals surface area (Å²) in [6, 6.07) is -1.24. The summed E-state index contributed by atoms with van der Waals surface area (Å²) in [5.74, 6) is 0. The highest BCUT2D eigenvalue weighted by Gasteiger charge is 2.54. The van der Waals surface area contributed by atoms with Crippen LogP contribution in [0.2, 0.25) is 0 Å². The fraction of sp³-hybridized carbons (Fsp3) is 0.923. The predicted molar refractivity (Wildman–Crippen MR) is 77.0 cm³/mol. The van der Waals surface area contributed by atoms with Crippen molar-refractivity contribution in [1.82, 2.24) is 5.32 Å². The van der Waals surface area contributed by atoms with E-state index in [4.69, 9.17) is 14.6 Å². The Bertz CT molecular complexity index is 495. The van der Waals surface area contributed by atoms with Gasteiger partial charge in [-0.25, -0.2) is 4.99 Å². The van der Waals surface area contributed by atoms with Gasteiger partial charge >= 0.3 is 0 Å². The zero-order chi connectivity index (χ0) is 18.5. The van der Waals surface area contributed by atoms with E-state index >= 15 is 0 Å². The molecule has 1 saturated carbocycles. The molecule has 11 atom stereocenters. The van der Waals surface area contributed by atoms with E-state index < -0.39 is 73.8 Å². The number of nitrogens with one attached hydrogen (secondary N) is 1. The lowest BCUT2D eigenvalue weighted by molar-refractivity contribution is -0.227. The second kappa shape index (κ2) is 6.90. The molecule has 9 N–H and O–H groups in total. The Morgan fingerprint density at radius 3 is 2.04 bits per heavy atom. The van der Waals surface area contributed by atoms with Crippen molar-refractivity contribution in [2.45, 2.75) is 67.2 Å². The number of ether oxygens (including phenoxy) is 2. The van der Waals surface area contributed by atoms with Gasteiger partial charge in [0.1, 0.15) is 48.8 Å². The largest absolute Gasteiger partial charge is 0.457 e. The molecule has 2 heterocycles. The van der Waals surface area contributed by atoms with Gasteiger partial charge in [0, 0.05) is 0 Å². The molecule has 2 aliphatic heterocycles. The number of aliphatic imine (C=N–C) groups is 1. The van der Waals surface area contributed by atoms with Gasteiger partial charge in [-0.2, -0.15) is 0 Å². The lowest BCUT2D eigenvalue weighted by atomic mass is 9.84. The van der Waals surface area contributed by atoms with E-state index in [1.165, 1.54) is 0 Å². The number of hydrogen-bond donors (Lipinski definition) is 9. The second-order valence-electron chi connectivity index (χ2n) is 6.37. The summed E-state index contributed by atoms with van der Waals surface area (Å²) in [6.07, 6.45) is -14.6. The van der Waals surface area contributed by atoms with Crippen LogP contribution >= 0.6 is 0 Å². The third kappa shape index (κ3) is 3.09. The second-order valence-corrected chi connectivity index (χ2v) is 6.37. The molecular formula is C13H22N2O10. The van der Waals surface area contributed by atoms with Gasteiger partial charge in [0.15, 0.2) is 12.3 Å². The van der Waals surface area contributed by atoms with E-state index in [1.54, 1.807) is 0 Å². The molecule has 2 saturated heterocycles. The average Bonchev–Trinajstić information content (AvgIpc) is 3.02. The van der Waals surface area contributed by atoms with Crippen molar-refractivity contribution in [3.8, 4) is 0 Å². The van der Waals surface area contributed by atoms with E-state index in [0.717, 1.165) is 0 Å². The van der Waals surface area contributed by atoms with Crippen LogP contribution in [0.1, 0.15) is 0 Å². The Labute approximate surface area is 141 Å². The molecule has 3 fully saturated rings. The quantitative estimate of drug-likeness (QED) is 0.225. The molecule has 144 valence electrons. The maximum atomic E-state index is 9.96. The molecule has 0 aromatic heterocycles. The first-order valence-electron chi connectivity index (χ1n) is 7.80. The number of hydrogen-bond acceptors (Lipinski definition) is 11. The Kier molecular flexibility index (Phi) is 5.16. The van der Waals surface area contributed by atoms with E-state index in [2.05, 4.69) is 10.3 Å². The first-order valence-corrected chi connectivity index (χ1v) is 7.80. The fourth-order valence-electron chi connectivity index (χ4n) is 3.21. The molecule has 3 aliphatic rings. The molecule has 0 spiro atoms. The van der Waals surface area contributed by atoms with E-state index in [-0.39, 0.29) is 6.02 Å². The summed E-state index contributed by atoms with van der Waals surface area (Å²) in [5, 5.41) is 80.4. The Morgan fingerprint density at radius 1 is 0.800 bits per heavy atom. The van der Waals surface area contributed by atoms with Crippen LogP contribution in [0.5, 0.6) is 0 Å². The molecule has 0 aromatic carbocycles. The van der Waals surface area contributed by atoms with E-state index in [1.807, 2.05) is 0 Å². The zero-order valence-corrected chi connectivity index (χ0v) is 12.9. The third-order valence-corrected chi connectivity index (χ3v) is 4.76. The standard InChI is InChI=1S/C13H22N2O10/c16-1-2-4(17)6(19)10(23)12(24-2)15-13-14-3-5(18)7(20)8(21)9(22)11(3)25-13/h2-12,16-23H,1H2,(H,14,15)/t2-,3+,4-,5+,6+,7+,8-,9+,10-,11+,12+/m1/s1. The number of amidine groups is 1. The van der Waals surface area contributed by atoms with Crippen LogP contribution in [0.4, 0.5) is 0 Å². The summed E-state index contributed by atoms with van der Waals surface area (Å²) in [5.41, 5.74) is 0. The molecule has 0 bridgehead atoms. The minimum atomic E-state index is -1.62. The van der Waals surface area contributed by atoms with Crippen LogP contribution in [0.15, 0.2) is 4.99 Å². The van der Waals surface area contributed by atoms with Crippen LogP contribution in [0.3, 0.4) is 0 Å². The SMILES string of the molecule is OC[C@H]1O[C@H](/N=C2\N[C@H]3[C@H](O)[C@H](O)[C@@H](O)[C@H](O)[C@H]3O2)[C@H](O)[C@@H](O)[C@@H]1O. The van der Waals surface area contributed by atoms with Crippen LogP contribution in [0, 0.1) is 0 Å². The summed E-state index contributed by atoms with van der Waals surface area (Å²) < 4.78 is 10.5. The lowest BCUT2D eigenvalue weighted by Gasteiger charge is -2.38. The number of fused-ring (bicyclic) bond motifs is 1. The van der Waals surface area contributed by atoms with Crippen molar-refractivity contribution in [1.29, 1.82) is 0 Å². The van der Waals surface area contributed by atoms with Gasteiger partial charge < -0.3 is 55.6 Å². The predicted octanol–water partition coefficient (Wildman–Crippen LogP) is -6.04. The normalized spacial score (nSPS) is 54.7. The van der Waals surface area contributed by atoms with Crippen molar-refractivity contribution >= 4 is 6.02 Å². The number of aliphatic hydroxyl groups is 8. The molecule has 12 nitrogen and oxygen atoms in total. The summed E-state index contributed by atoms with van der Waals surface area (Å²) >= 11 is 0. The third-order valence-electron chi connectivity index (χ3n) is 4.76. The zero-order valence-electron chi connectivity index (χ0n) is 12.9. The molecule has 1 aliphatic carbocycles. The maximum absolute atomic E-state index is 9.96. The maximum Gasteiger partial charge on any atom is 0.288 e. The molecule has 0 amide bonds. The van der Waals surface area contributed by atoms with Crippen molar-refractivity contribution in [2.24, 2.45) is 4.99 Å². The van der Waals surface area contributed by atoms with Crippen molar-refractivity contribution < 1.29 is 50.3 Å². The van der Waals surface area contributed by atoms with E-state index in [9.17, 15) is 35.7 Å². The minimum absolute atomic E-state index is 0.265. The van der Waals surface area contributed by atoms with Crippen molar-refractivity contribution in [3.63, 3.8) is 0 Å². The smallest absolute Gasteiger partial charge is 0.288 e. The van der Waals surface area contributed by atoms with E-state index in [0.29, 0.717) is 0 Å². The Morgan fingerprint density at radius 2 is 1.40 bits per heavy atom. The Hall–Kier alpha value is -1.09. The first-order chi connectivity index (χ1) is 11.8. The average molecular weight is 366 g/mol. The van der Waals surface area contributed by atoms with Gasteiger partial charge in [-0.3, -0.25) is 0 Å². The number of aliphatic hydroxyl groups excluding tert-OH is 8. The van der Waals surface area contributed by atoms with Gasteiger partial charge in [-0.15, -0.1) is 0 Å². The molecule has 3 rings (SSSR count). The molecule has 12 heteroatoms. The molecule has 0 radical (unpaired) electrons. The minimum Gasteiger partial charge on any atom is -0.457 e. The molecule has 0 aromatic rings. The summed E-state index contributed by atoms with van der Waals surface area (Å²) in [7, 11) is 0. The van der Waals surface area contributed by atoms with Gasteiger partial charge in [0.25, 0.3) is 6.02 Å². The van der Waals surface area contributed by atoms with Crippen LogP contribution in [-0.2, 0) is 9.47 Å². The van der Waals surface area contributed by atoms with Crippen LogP contribution in [0.25, 0.3) is 0 Å². The molecular weight excluding hydrogens is 344 g/mol. The van der Waals surface area contributed by atoms with Gasteiger partial charge in [-0.1, -0.05) is 0 Å².